The molecular weight excluding hydrogens is 158 g/mol. The minimum atomic E-state index is 0.0139. The fourth-order valence-electron chi connectivity index (χ4n) is 1.03. The third-order valence-electron chi connectivity index (χ3n) is 1.68. The lowest BCUT2D eigenvalue weighted by molar-refractivity contribution is 0.277. The van der Waals surface area contributed by atoms with Gasteiger partial charge in [-0.05, 0) is 30.4 Å². The second-order valence-corrected chi connectivity index (χ2v) is 3.53. The van der Waals surface area contributed by atoms with Crippen LogP contribution in [-0.4, -0.2) is 11.7 Å². The zero-order chi connectivity index (χ0) is 8.27. The number of hydrogen-bond acceptors (Lipinski definition) is 3. The predicted octanol–water partition coefficient (Wildman–Crippen LogP) is 1.44. The van der Waals surface area contributed by atoms with Crippen molar-refractivity contribution in [3.8, 4) is 0 Å². The first-order valence-corrected chi connectivity index (χ1v) is 4.54. The zero-order valence-electron chi connectivity index (χ0n) is 6.58. The summed E-state index contributed by atoms with van der Waals surface area (Å²) >= 11 is 1.66. The molecule has 0 aliphatic carbocycles. The van der Waals surface area contributed by atoms with Gasteiger partial charge in [0.15, 0.2) is 0 Å². The van der Waals surface area contributed by atoms with Gasteiger partial charge in [-0.3, -0.25) is 0 Å². The van der Waals surface area contributed by atoms with Gasteiger partial charge in [-0.2, -0.15) is 0 Å². The first kappa shape index (κ1) is 8.71. The van der Waals surface area contributed by atoms with E-state index in [0.29, 0.717) is 6.42 Å². The van der Waals surface area contributed by atoms with Crippen molar-refractivity contribution in [1.82, 2.24) is 0 Å². The van der Waals surface area contributed by atoms with Gasteiger partial charge < -0.3 is 10.8 Å². The average molecular weight is 171 g/mol. The summed E-state index contributed by atoms with van der Waals surface area (Å²) in [7, 11) is 0. The summed E-state index contributed by atoms with van der Waals surface area (Å²) in [4.78, 5) is 1.19. The van der Waals surface area contributed by atoms with Crippen LogP contribution in [0.15, 0.2) is 11.4 Å². The molecule has 0 fully saturated rings. The normalized spacial score (nSPS) is 13.4. The first-order chi connectivity index (χ1) is 5.25. The summed E-state index contributed by atoms with van der Waals surface area (Å²) in [5.74, 6) is 0. The standard InChI is InChI=1S/C8H13NOS/c1-6-3-5-11-8(6)7(9)2-4-10/h3,5,7,10H,2,4,9H2,1H3. The van der Waals surface area contributed by atoms with Crippen molar-refractivity contribution in [2.45, 2.75) is 19.4 Å². The lowest BCUT2D eigenvalue weighted by atomic mass is 10.1. The quantitative estimate of drug-likeness (QED) is 0.723. The van der Waals surface area contributed by atoms with Crippen LogP contribution in [0.3, 0.4) is 0 Å². The Labute approximate surface area is 70.7 Å². The van der Waals surface area contributed by atoms with E-state index in [1.807, 2.05) is 12.3 Å². The second-order valence-electron chi connectivity index (χ2n) is 2.59. The van der Waals surface area contributed by atoms with Gasteiger partial charge in [0, 0.05) is 17.5 Å². The molecule has 0 saturated carbocycles. The molecule has 1 atom stereocenters. The fourth-order valence-corrected chi connectivity index (χ4v) is 2.00. The number of aliphatic hydroxyl groups is 1. The van der Waals surface area contributed by atoms with Crippen molar-refractivity contribution in [2.24, 2.45) is 5.73 Å². The van der Waals surface area contributed by atoms with Gasteiger partial charge in [0.05, 0.1) is 0 Å². The Balaban J connectivity index is 2.67. The van der Waals surface area contributed by atoms with Crippen LogP contribution in [0.5, 0.6) is 0 Å². The molecule has 1 unspecified atom stereocenters. The Hall–Kier alpha value is -0.380. The van der Waals surface area contributed by atoms with Crippen molar-refractivity contribution in [2.75, 3.05) is 6.61 Å². The van der Waals surface area contributed by atoms with Gasteiger partial charge >= 0.3 is 0 Å². The molecule has 1 aromatic heterocycles. The van der Waals surface area contributed by atoms with Crippen LogP contribution in [0.25, 0.3) is 0 Å². The largest absolute Gasteiger partial charge is 0.396 e. The highest BCUT2D eigenvalue weighted by Gasteiger charge is 2.08. The predicted molar refractivity (Wildman–Crippen MR) is 47.7 cm³/mol. The van der Waals surface area contributed by atoms with Gasteiger partial charge in [0.2, 0.25) is 0 Å². The van der Waals surface area contributed by atoms with Crippen molar-refractivity contribution >= 4 is 11.3 Å². The fraction of sp³-hybridized carbons (Fsp3) is 0.500. The third-order valence-corrected chi connectivity index (χ3v) is 2.83. The van der Waals surface area contributed by atoms with Crippen LogP contribution in [0.2, 0.25) is 0 Å². The molecule has 0 amide bonds. The maximum atomic E-state index is 8.65. The van der Waals surface area contributed by atoms with E-state index in [0.717, 1.165) is 0 Å². The summed E-state index contributed by atoms with van der Waals surface area (Å²) < 4.78 is 0. The van der Waals surface area contributed by atoms with E-state index in [2.05, 4.69) is 6.07 Å². The Bertz CT molecular complexity index is 222. The van der Waals surface area contributed by atoms with Crippen LogP contribution in [0.1, 0.15) is 22.9 Å². The van der Waals surface area contributed by atoms with Crippen LogP contribution < -0.4 is 5.73 Å². The number of aryl methyl sites for hydroxylation is 1. The minimum Gasteiger partial charge on any atom is -0.396 e. The molecule has 3 N–H and O–H groups in total. The Kier molecular flexibility index (Phi) is 3.05. The Morgan fingerprint density at radius 3 is 2.91 bits per heavy atom. The van der Waals surface area contributed by atoms with Gasteiger partial charge in [-0.1, -0.05) is 0 Å². The molecule has 62 valence electrons. The summed E-state index contributed by atoms with van der Waals surface area (Å²) in [5.41, 5.74) is 7.03. The van der Waals surface area contributed by atoms with Crippen LogP contribution >= 0.6 is 11.3 Å². The van der Waals surface area contributed by atoms with Crippen molar-refractivity contribution in [3.63, 3.8) is 0 Å². The van der Waals surface area contributed by atoms with E-state index in [1.165, 1.54) is 10.4 Å². The van der Waals surface area contributed by atoms with E-state index in [-0.39, 0.29) is 12.6 Å². The third kappa shape index (κ3) is 2.02. The second kappa shape index (κ2) is 3.85. The average Bonchev–Trinajstić information content (AvgIpc) is 2.36. The number of rotatable bonds is 3. The SMILES string of the molecule is Cc1ccsc1C(N)CCO. The molecule has 0 aliphatic rings. The molecular formula is C8H13NOS. The Morgan fingerprint density at radius 1 is 1.73 bits per heavy atom. The molecule has 1 heterocycles. The highest BCUT2D eigenvalue weighted by atomic mass is 32.1. The highest BCUT2D eigenvalue weighted by Crippen LogP contribution is 2.23. The van der Waals surface area contributed by atoms with Gasteiger partial charge in [0.25, 0.3) is 0 Å². The molecule has 2 nitrogen and oxygen atoms in total. The highest BCUT2D eigenvalue weighted by molar-refractivity contribution is 7.10. The van der Waals surface area contributed by atoms with E-state index >= 15 is 0 Å². The molecule has 0 aromatic carbocycles. The summed E-state index contributed by atoms with van der Waals surface area (Å²) in [6, 6.07) is 2.07. The number of nitrogens with two attached hydrogens (primary N) is 1. The van der Waals surface area contributed by atoms with E-state index in [1.54, 1.807) is 11.3 Å². The number of thiophene rings is 1. The first-order valence-electron chi connectivity index (χ1n) is 3.66. The zero-order valence-corrected chi connectivity index (χ0v) is 7.40. The lowest BCUT2D eigenvalue weighted by Gasteiger charge is -2.07. The molecule has 0 spiro atoms. The van der Waals surface area contributed by atoms with E-state index in [9.17, 15) is 0 Å². The lowest BCUT2D eigenvalue weighted by Crippen LogP contribution is -2.11. The molecule has 3 heteroatoms. The number of aliphatic hydroxyl groups excluding tert-OH is 1. The topological polar surface area (TPSA) is 46.2 Å². The van der Waals surface area contributed by atoms with Crippen molar-refractivity contribution < 1.29 is 5.11 Å². The molecule has 0 radical (unpaired) electrons. The van der Waals surface area contributed by atoms with Gasteiger partial charge in [-0.15, -0.1) is 11.3 Å². The van der Waals surface area contributed by atoms with E-state index < -0.39 is 0 Å². The minimum absolute atomic E-state index is 0.0139. The molecule has 1 rings (SSSR count). The molecule has 0 aliphatic heterocycles. The summed E-state index contributed by atoms with van der Waals surface area (Å²) in [6.07, 6.45) is 0.654. The van der Waals surface area contributed by atoms with E-state index in [4.69, 9.17) is 10.8 Å². The van der Waals surface area contributed by atoms with Crippen molar-refractivity contribution in [3.05, 3.63) is 21.9 Å². The molecule has 1 aromatic rings. The van der Waals surface area contributed by atoms with Gasteiger partial charge in [-0.25, -0.2) is 0 Å². The molecule has 0 saturated heterocycles. The summed E-state index contributed by atoms with van der Waals surface area (Å²) in [6.45, 7) is 2.21. The maximum absolute atomic E-state index is 8.65. The van der Waals surface area contributed by atoms with Crippen LogP contribution in [0, 0.1) is 6.92 Å². The molecule has 11 heavy (non-hydrogen) atoms. The monoisotopic (exact) mass is 171 g/mol. The number of hydrogen-bond donors (Lipinski definition) is 2. The summed E-state index contributed by atoms with van der Waals surface area (Å²) in [5, 5.41) is 10.7. The van der Waals surface area contributed by atoms with Crippen LogP contribution in [0.4, 0.5) is 0 Å². The van der Waals surface area contributed by atoms with Crippen molar-refractivity contribution in [1.29, 1.82) is 0 Å². The van der Waals surface area contributed by atoms with Gasteiger partial charge in [0.1, 0.15) is 0 Å². The maximum Gasteiger partial charge on any atom is 0.0449 e. The Morgan fingerprint density at radius 2 is 2.45 bits per heavy atom. The smallest absolute Gasteiger partial charge is 0.0449 e. The molecule has 0 bridgehead atoms. The van der Waals surface area contributed by atoms with Crippen LogP contribution in [-0.2, 0) is 0 Å².